The van der Waals surface area contributed by atoms with Crippen molar-refractivity contribution in [3.05, 3.63) is 48.3 Å². The largest absolute Gasteiger partial charge is 0.484 e. The van der Waals surface area contributed by atoms with Gasteiger partial charge in [0.25, 0.3) is 0 Å². The summed E-state index contributed by atoms with van der Waals surface area (Å²) in [5.41, 5.74) is 0.622. The average molecular weight is 497 g/mol. The quantitative estimate of drug-likeness (QED) is 0.255. The molecule has 2 rings (SSSR count). The number of guanidine groups is 1. The van der Waals surface area contributed by atoms with E-state index in [2.05, 4.69) is 20.7 Å². The molecule has 150 valence electrons. The molecule has 0 aliphatic carbocycles. The standard InChI is InChI=1S/C17H22F3N5O.HI/c1-21-16(22-8-4-10-25-11-5-9-24-25)23-12-14-6-2-3-7-15(14)26-13-17(18,19)20;/h2-3,5-7,9,11H,4,8,10,12-13H2,1H3,(H2,21,22,23);1H. The lowest BCUT2D eigenvalue weighted by Gasteiger charge is -2.15. The van der Waals surface area contributed by atoms with Gasteiger partial charge in [0.1, 0.15) is 5.75 Å². The number of hydrogen-bond donors (Lipinski definition) is 2. The van der Waals surface area contributed by atoms with Gasteiger partial charge in [-0.05, 0) is 18.6 Å². The Hall–Kier alpha value is -1.98. The predicted octanol–water partition coefficient (Wildman–Crippen LogP) is 3.20. The van der Waals surface area contributed by atoms with E-state index in [4.69, 9.17) is 4.74 Å². The first-order valence-corrected chi connectivity index (χ1v) is 8.17. The molecule has 0 saturated carbocycles. The Morgan fingerprint density at radius 3 is 2.67 bits per heavy atom. The summed E-state index contributed by atoms with van der Waals surface area (Å²) in [6.45, 7) is 0.453. The van der Waals surface area contributed by atoms with Crippen molar-refractivity contribution < 1.29 is 17.9 Å². The zero-order valence-electron chi connectivity index (χ0n) is 14.9. The normalized spacial score (nSPS) is 11.6. The van der Waals surface area contributed by atoms with Crippen LogP contribution in [0.1, 0.15) is 12.0 Å². The highest BCUT2D eigenvalue weighted by atomic mass is 127. The molecule has 0 unspecified atom stereocenters. The van der Waals surface area contributed by atoms with Gasteiger partial charge in [-0.1, -0.05) is 18.2 Å². The Morgan fingerprint density at radius 2 is 2.00 bits per heavy atom. The van der Waals surface area contributed by atoms with Gasteiger partial charge in [-0.3, -0.25) is 9.67 Å². The molecule has 0 aliphatic rings. The molecular weight excluding hydrogens is 474 g/mol. The zero-order chi connectivity index (χ0) is 18.8. The molecular formula is C17H23F3IN5O. The summed E-state index contributed by atoms with van der Waals surface area (Å²) in [5.74, 6) is 0.766. The zero-order valence-corrected chi connectivity index (χ0v) is 17.2. The third-order valence-corrected chi connectivity index (χ3v) is 3.45. The number of para-hydroxylation sites is 1. The SMILES string of the molecule is CN=C(NCCCn1cccn1)NCc1ccccc1OCC(F)(F)F.I. The maximum Gasteiger partial charge on any atom is 0.422 e. The third kappa shape index (κ3) is 8.98. The van der Waals surface area contributed by atoms with Crippen LogP contribution in [0.15, 0.2) is 47.7 Å². The van der Waals surface area contributed by atoms with Gasteiger partial charge in [0.05, 0.1) is 0 Å². The van der Waals surface area contributed by atoms with Gasteiger partial charge in [0.15, 0.2) is 12.6 Å². The van der Waals surface area contributed by atoms with Gasteiger partial charge in [-0.2, -0.15) is 18.3 Å². The second kappa shape index (κ2) is 11.7. The van der Waals surface area contributed by atoms with E-state index in [0.29, 0.717) is 24.6 Å². The molecule has 1 heterocycles. The van der Waals surface area contributed by atoms with Crippen LogP contribution in [-0.4, -0.2) is 42.1 Å². The minimum absolute atomic E-state index is 0. The van der Waals surface area contributed by atoms with Crippen LogP contribution >= 0.6 is 24.0 Å². The lowest BCUT2D eigenvalue weighted by molar-refractivity contribution is -0.153. The number of nitrogens with one attached hydrogen (secondary N) is 2. The molecule has 10 heteroatoms. The average Bonchev–Trinajstić information content (AvgIpc) is 3.13. The number of aromatic nitrogens is 2. The second-order valence-electron chi connectivity index (χ2n) is 5.49. The molecule has 1 aromatic heterocycles. The molecule has 0 aliphatic heterocycles. The Labute approximate surface area is 173 Å². The Balaban J connectivity index is 0.00000364. The number of nitrogens with zero attached hydrogens (tertiary/aromatic N) is 3. The van der Waals surface area contributed by atoms with Crippen molar-refractivity contribution in [2.75, 3.05) is 20.2 Å². The predicted molar refractivity (Wildman–Crippen MR) is 108 cm³/mol. The number of rotatable bonds is 8. The van der Waals surface area contributed by atoms with Gasteiger partial charge in [-0.25, -0.2) is 0 Å². The van der Waals surface area contributed by atoms with Crippen molar-refractivity contribution in [1.82, 2.24) is 20.4 Å². The van der Waals surface area contributed by atoms with Gasteiger partial charge >= 0.3 is 6.18 Å². The minimum atomic E-state index is -4.37. The van der Waals surface area contributed by atoms with Crippen molar-refractivity contribution in [3.8, 4) is 5.75 Å². The van der Waals surface area contributed by atoms with Crippen LogP contribution in [0.4, 0.5) is 13.2 Å². The molecule has 2 N–H and O–H groups in total. The minimum Gasteiger partial charge on any atom is -0.484 e. The van der Waals surface area contributed by atoms with E-state index >= 15 is 0 Å². The van der Waals surface area contributed by atoms with Crippen molar-refractivity contribution in [1.29, 1.82) is 0 Å². The van der Waals surface area contributed by atoms with E-state index in [1.165, 1.54) is 6.07 Å². The van der Waals surface area contributed by atoms with Gasteiger partial charge in [0.2, 0.25) is 0 Å². The molecule has 0 bridgehead atoms. The van der Waals surface area contributed by atoms with Crippen molar-refractivity contribution in [2.24, 2.45) is 4.99 Å². The maximum absolute atomic E-state index is 12.3. The number of ether oxygens (including phenoxy) is 1. The monoisotopic (exact) mass is 497 g/mol. The van der Waals surface area contributed by atoms with Gasteiger partial charge < -0.3 is 15.4 Å². The molecule has 2 aromatic rings. The van der Waals surface area contributed by atoms with Crippen molar-refractivity contribution in [2.45, 2.75) is 25.7 Å². The highest BCUT2D eigenvalue weighted by molar-refractivity contribution is 14.0. The van der Waals surface area contributed by atoms with Crippen molar-refractivity contribution >= 4 is 29.9 Å². The van der Waals surface area contributed by atoms with Crippen LogP contribution in [-0.2, 0) is 13.1 Å². The molecule has 1 aromatic carbocycles. The molecule has 6 nitrogen and oxygen atoms in total. The topological polar surface area (TPSA) is 63.5 Å². The summed E-state index contributed by atoms with van der Waals surface area (Å²) in [5, 5.41) is 10.3. The van der Waals surface area contributed by atoms with Crippen LogP contribution in [0.25, 0.3) is 0 Å². The van der Waals surface area contributed by atoms with Gasteiger partial charge in [-0.15, -0.1) is 24.0 Å². The Bertz CT molecular complexity index is 692. The highest BCUT2D eigenvalue weighted by Gasteiger charge is 2.28. The fraction of sp³-hybridized carbons (Fsp3) is 0.412. The number of aliphatic imine (C=N–C) groups is 1. The molecule has 0 spiro atoms. The van der Waals surface area contributed by atoms with Crippen LogP contribution in [0, 0.1) is 0 Å². The summed E-state index contributed by atoms with van der Waals surface area (Å²) in [6, 6.07) is 8.48. The second-order valence-corrected chi connectivity index (χ2v) is 5.49. The Morgan fingerprint density at radius 1 is 1.22 bits per heavy atom. The summed E-state index contributed by atoms with van der Waals surface area (Å²) in [4.78, 5) is 4.10. The number of alkyl halides is 3. The lowest BCUT2D eigenvalue weighted by atomic mass is 10.2. The molecule has 27 heavy (non-hydrogen) atoms. The van der Waals surface area contributed by atoms with E-state index < -0.39 is 12.8 Å². The summed E-state index contributed by atoms with van der Waals surface area (Å²) in [7, 11) is 1.63. The van der Waals surface area contributed by atoms with Gasteiger partial charge in [0, 0.05) is 44.6 Å². The number of aryl methyl sites for hydroxylation is 1. The van der Waals surface area contributed by atoms with E-state index in [9.17, 15) is 13.2 Å². The number of halogens is 4. The number of hydrogen-bond acceptors (Lipinski definition) is 3. The van der Waals surface area contributed by atoms with E-state index in [1.807, 2.05) is 16.9 Å². The molecule has 0 saturated heterocycles. The summed E-state index contributed by atoms with van der Waals surface area (Å²) < 4.78 is 43.7. The number of benzene rings is 1. The first-order valence-electron chi connectivity index (χ1n) is 8.17. The first-order chi connectivity index (χ1) is 12.5. The molecule has 0 radical (unpaired) electrons. The Kier molecular flexibility index (Phi) is 9.97. The van der Waals surface area contributed by atoms with Crippen LogP contribution in [0.2, 0.25) is 0 Å². The smallest absolute Gasteiger partial charge is 0.422 e. The van der Waals surface area contributed by atoms with E-state index in [0.717, 1.165) is 13.0 Å². The summed E-state index contributed by atoms with van der Waals surface area (Å²) >= 11 is 0. The van der Waals surface area contributed by atoms with Crippen molar-refractivity contribution in [3.63, 3.8) is 0 Å². The van der Waals surface area contributed by atoms with Crippen LogP contribution in [0.3, 0.4) is 0 Å². The van der Waals surface area contributed by atoms with Crippen LogP contribution in [0.5, 0.6) is 5.75 Å². The maximum atomic E-state index is 12.3. The molecule has 0 atom stereocenters. The van der Waals surface area contributed by atoms with E-state index in [-0.39, 0.29) is 29.7 Å². The molecule has 0 amide bonds. The fourth-order valence-corrected chi connectivity index (χ4v) is 2.23. The fourth-order valence-electron chi connectivity index (χ4n) is 2.23. The first kappa shape index (κ1) is 23.1. The highest BCUT2D eigenvalue weighted by Crippen LogP contribution is 2.21. The van der Waals surface area contributed by atoms with E-state index in [1.54, 1.807) is 31.4 Å². The molecule has 0 fully saturated rings. The lowest BCUT2D eigenvalue weighted by Crippen LogP contribution is -2.37. The third-order valence-electron chi connectivity index (χ3n) is 3.45. The summed E-state index contributed by atoms with van der Waals surface area (Å²) in [6.07, 6.45) is 0.109. The van der Waals surface area contributed by atoms with Crippen LogP contribution < -0.4 is 15.4 Å².